The van der Waals surface area contributed by atoms with Crippen LogP contribution in [0.25, 0.3) is 0 Å². The third kappa shape index (κ3) is 4.13. The molecule has 0 saturated carbocycles. The van der Waals surface area contributed by atoms with Crippen molar-refractivity contribution in [1.82, 2.24) is 15.2 Å². The van der Waals surface area contributed by atoms with Gasteiger partial charge >= 0.3 is 7.12 Å². The van der Waals surface area contributed by atoms with E-state index < -0.39 is 7.12 Å². The van der Waals surface area contributed by atoms with Crippen molar-refractivity contribution in [2.24, 2.45) is 0 Å². The number of anilines is 3. The van der Waals surface area contributed by atoms with E-state index in [4.69, 9.17) is 4.74 Å². The van der Waals surface area contributed by atoms with Crippen molar-refractivity contribution in [3.63, 3.8) is 0 Å². The first-order chi connectivity index (χ1) is 14.6. The molecule has 1 aliphatic heterocycles. The van der Waals surface area contributed by atoms with E-state index in [-0.39, 0.29) is 6.04 Å². The lowest BCUT2D eigenvalue weighted by Crippen LogP contribution is -2.29. The van der Waals surface area contributed by atoms with Gasteiger partial charge in [-0.15, -0.1) is 5.10 Å². The van der Waals surface area contributed by atoms with Crippen LogP contribution in [0, 0.1) is 0 Å². The normalized spacial score (nSPS) is 15.2. The lowest BCUT2D eigenvalue weighted by atomic mass is 9.80. The summed E-state index contributed by atoms with van der Waals surface area (Å²) in [4.78, 5) is 6.79. The first-order valence-corrected chi connectivity index (χ1v) is 9.84. The van der Waals surface area contributed by atoms with E-state index in [1.54, 1.807) is 25.4 Å². The molecule has 1 unspecified atom stereocenters. The Morgan fingerprint density at radius 2 is 2.00 bits per heavy atom. The molecule has 1 aromatic heterocycles. The van der Waals surface area contributed by atoms with Crippen molar-refractivity contribution in [2.45, 2.75) is 32.5 Å². The standard InChI is InChI=1S/C21H24BN5O3/c1-14-10-18-16(13-30-2)4-3-5-19(18)27(14)21-25-20(12-24-26-21)23-11-15-6-8-17(9-7-15)22(28)29/h3-9,12,14,28-29H,10-11,13H2,1-2H3,(H,23,25,26). The molecule has 0 radical (unpaired) electrons. The number of nitrogens with one attached hydrogen (secondary N) is 1. The number of hydrogen-bond acceptors (Lipinski definition) is 8. The minimum atomic E-state index is -1.46. The van der Waals surface area contributed by atoms with Gasteiger partial charge in [0.15, 0.2) is 5.82 Å². The van der Waals surface area contributed by atoms with Crippen molar-refractivity contribution < 1.29 is 14.8 Å². The van der Waals surface area contributed by atoms with Crippen LogP contribution in [0.3, 0.4) is 0 Å². The van der Waals surface area contributed by atoms with Crippen LogP contribution in [0.2, 0.25) is 0 Å². The first-order valence-electron chi connectivity index (χ1n) is 9.84. The largest absolute Gasteiger partial charge is 0.488 e. The summed E-state index contributed by atoms with van der Waals surface area (Å²) in [6.45, 7) is 3.26. The molecule has 2 aromatic carbocycles. The van der Waals surface area contributed by atoms with Crippen molar-refractivity contribution in [3.05, 3.63) is 65.4 Å². The summed E-state index contributed by atoms with van der Waals surface area (Å²) in [5.74, 6) is 1.18. The minimum Gasteiger partial charge on any atom is -0.423 e. The summed E-state index contributed by atoms with van der Waals surface area (Å²) < 4.78 is 5.34. The van der Waals surface area contributed by atoms with E-state index in [2.05, 4.69) is 44.5 Å². The lowest BCUT2D eigenvalue weighted by molar-refractivity contribution is 0.184. The topological polar surface area (TPSA) is 104 Å². The van der Waals surface area contributed by atoms with Gasteiger partial charge in [0.2, 0.25) is 0 Å². The highest BCUT2D eigenvalue weighted by molar-refractivity contribution is 6.58. The second kappa shape index (κ2) is 8.79. The van der Waals surface area contributed by atoms with Crippen molar-refractivity contribution in [2.75, 3.05) is 17.3 Å². The molecule has 0 fully saturated rings. The molecule has 154 valence electrons. The third-order valence-corrected chi connectivity index (χ3v) is 5.26. The minimum absolute atomic E-state index is 0.215. The maximum atomic E-state index is 9.20. The van der Waals surface area contributed by atoms with E-state index in [1.165, 1.54) is 11.1 Å². The zero-order valence-corrected chi connectivity index (χ0v) is 17.0. The molecule has 30 heavy (non-hydrogen) atoms. The first kappa shape index (κ1) is 20.3. The van der Waals surface area contributed by atoms with Gasteiger partial charge in [-0.1, -0.05) is 36.4 Å². The van der Waals surface area contributed by atoms with Gasteiger partial charge in [-0.2, -0.15) is 10.1 Å². The highest BCUT2D eigenvalue weighted by Gasteiger charge is 2.31. The molecule has 2 heterocycles. The van der Waals surface area contributed by atoms with Gasteiger partial charge < -0.3 is 25.0 Å². The number of methoxy groups -OCH3 is 1. The van der Waals surface area contributed by atoms with Crippen molar-refractivity contribution in [3.8, 4) is 0 Å². The van der Waals surface area contributed by atoms with Crippen LogP contribution in [-0.4, -0.2) is 45.5 Å². The van der Waals surface area contributed by atoms with Gasteiger partial charge in [-0.3, -0.25) is 0 Å². The third-order valence-electron chi connectivity index (χ3n) is 5.26. The summed E-state index contributed by atoms with van der Waals surface area (Å²) >= 11 is 0. The lowest BCUT2D eigenvalue weighted by Gasteiger charge is -2.22. The molecule has 1 atom stereocenters. The molecule has 0 bridgehead atoms. The number of rotatable bonds is 7. The smallest absolute Gasteiger partial charge is 0.423 e. The van der Waals surface area contributed by atoms with Crippen LogP contribution in [0.5, 0.6) is 0 Å². The Bertz CT molecular complexity index is 1020. The second-order valence-corrected chi connectivity index (χ2v) is 7.38. The van der Waals surface area contributed by atoms with E-state index in [1.807, 2.05) is 18.2 Å². The number of aromatic nitrogens is 3. The molecule has 1 aliphatic rings. The average Bonchev–Trinajstić information content (AvgIpc) is 3.10. The quantitative estimate of drug-likeness (QED) is 0.507. The van der Waals surface area contributed by atoms with Crippen molar-refractivity contribution in [1.29, 1.82) is 0 Å². The molecule has 4 rings (SSSR count). The maximum Gasteiger partial charge on any atom is 0.488 e. The molecule has 0 saturated heterocycles. The Morgan fingerprint density at radius 3 is 2.73 bits per heavy atom. The summed E-state index contributed by atoms with van der Waals surface area (Å²) in [6, 6.07) is 13.5. The number of hydrogen-bond donors (Lipinski definition) is 3. The number of fused-ring (bicyclic) bond motifs is 1. The molecule has 3 aromatic rings. The highest BCUT2D eigenvalue weighted by atomic mass is 16.5. The van der Waals surface area contributed by atoms with Gasteiger partial charge in [-0.25, -0.2) is 0 Å². The van der Waals surface area contributed by atoms with Gasteiger partial charge in [0.1, 0.15) is 0 Å². The summed E-state index contributed by atoms with van der Waals surface area (Å²) in [7, 11) is 0.243. The van der Waals surface area contributed by atoms with Crippen LogP contribution in [-0.2, 0) is 24.3 Å². The Labute approximate surface area is 175 Å². The Hall–Kier alpha value is -3.01. The fourth-order valence-electron chi connectivity index (χ4n) is 3.78. The maximum absolute atomic E-state index is 9.20. The molecule has 0 spiro atoms. The highest BCUT2D eigenvalue weighted by Crippen LogP contribution is 2.38. The number of benzene rings is 2. The van der Waals surface area contributed by atoms with Gasteiger partial charge in [-0.05, 0) is 41.6 Å². The Balaban J connectivity index is 1.52. The van der Waals surface area contributed by atoms with Gasteiger partial charge in [0.25, 0.3) is 5.95 Å². The van der Waals surface area contributed by atoms with Crippen LogP contribution in [0.1, 0.15) is 23.6 Å². The summed E-state index contributed by atoms with van der Waals surface area (Å²) in [5, 5.41) is 30.1. The summed E-state index contributed by atoms with van der Waals surface area (Å²) in [6.07, 6.45) is 2.50. The molecular formula is C21H24BN5O3. The molecule has 0 amide bonds. The molecule has 8 nitrogen and oxygen atoms in total. The molecule has 3 N–H and O–H groups in total. The Morgan fingerprint density at radius 1 is 1.20 bits per heavy atom. The van der Waals surface area contributed by atoms with Crippen LogP contribution < -0.4 is 15.7 Å². The Kier molecular flexibility index (Phi) is 5.94. The van der Waals surface area contributed by atoms with Crippen LogP contribution in [0.4, 0.5) is 17.5 Å². The molecular weight excluding hydrogens is 381 g/mol. The zero-order chi connectivity index (χ0) is 21.1. The van der Waals surface area contributed by atoms with Crippen molar-refractivity contribution >= 4 is 30.0 Å². The fraction of sp³-hybridized carbons (Fsp3) is 0.286. The second-order valence-electron chi connectivity index (χ2n) is 7.38. The van der Waals surface area contributed by atoms with E-state index in [0.29, 0.717) is 30.4 Å². The summed E-state index contributed by atoms with van der Waals surface area (Å²) in [5.41, 5.74) is 4.99. The van der Waals surface area contributed by atoms with Gasteiger partial charge in [0, 0.05) is 25.4 Å². The van der Waals surface area contributed by atoms with Crippen LogP contribution in [0.15, 0.2) is 48.7 Å². The van der Waals surface area contributed by atoms with E-state index in [0.717, 1.165) is 17.7 Å². The molecule has 9 heteroatoms. The predicted octanol–water partition coefficient (Wildman–Crippen LogP) is 1.39. The SMILES string of the molecule is COCc1cccc2c1CC(C)N2c1nncc(NCc2ccc(B(O)O)cc2)n1. The monoisotopic (exact) mass is 405 g/mol. The number of ether oxygens (including phenoxy) is 1. The van der Waals surface area contributed by atoms with Gasteiger partial charge in [0.05, 0.1) is 12.8 Å². The predicted molar refractivity (Wildman–Crippen MR) is 116 cm³/mol. The van der Waals surface area contributed by atoms with E-state index in [9.17, 15) is 10.0 Å². The fourth-order valence-corrected chi connectivity index (χ4v) is 3.78. The van der Waals surface area contributed by atoms with Crippen LogP contribution >= 0.6 is 0 Å². The number of nitrogens with zero attached hydrogens (tertiary/aromatic N) is 4. The van der Waals surface area contributed by atoms with E-state index >= 15 is 0 Å². The zero-order valence-electron chi connectivity index (χ0n) is 17.0. The average molecular weight is 405 g/mol. The molecule has 0 aliphatic carbocycles.